The molecule has 0 N–H and O–H groups in total. The Labute approximate surface area is 143 Å². The highest BCUT2D eigenvalue weighted by atomic mass is 16.3. The van der Waals surface area contributed by atoms with Crippen molar-refractivity contribution in [2.75, 3.05) is 0 Å². The second-order valence-corrected chi connectivity index (χ2v) is 7.96. The molecule has 0 radical (unpaired) electrons. The Morgan fingerprint density at radius 3 is 1.39 bits per heavy atom. The van der Waals surface area contributed by atoms with Crippen molar-refractivity contribution < 1.29 is 4.42 Å². The molecule has 0 saturated heterocycles. The molecule has 0 bridgehead atoms. The number of hydrogen-bond acceptors (Lipinski definition) is 1. The Bertz CT molecular complexity index is 430. The number of furan rings is 1. The van der Waals surface area contributed by atoms with Gasteiger partial charge in [0.15, 0.2) is 0 Å². The first-order valence-electron chi connectivity index (χ1n) is 10.5. The summed E-state index contributed by atoms with van der Waals surface area (Å²) in [5.74, 6) is 4.29. The third-order valence-corrected chi connectivity index (χ3v) is 6.13. The van der Waals surface area contributed by atoms with Crippen molar-refractivity contribution in [3.8, 4) is 0 Å². The third-order valence-electron chi connectivity index (χ3n) is 6.13. The summed E-state index contributed by atoms with van der Waals surface area (Å²) in [6.07, 6.45) is 18.9. The summed E-state index contributed by atoms with van der Waals surface area (Å²) in [4.78, 5) is 0. The fourth-order valence-electron chi connectivity index (χ4n) is 4.98. The minimum Gasteiger partial charge on any atom is -0.465 e. The van der Waals surface area contributed by atoms with E-state index in [9.17, 15) is 0 Å². The lowest BCUT2D eigenvalue weighted by atomic mass is 9.82. The zero-order valence-electron chi connectivity index (χ0n) is 15.5. The van der Waals surface area contributed by atoms with Gasteiger partial charge in [0.05, 0.1) is 0 Å². The second kappa shape index (κ2) is 8.40. The summed E-state index contributed by atoms with van der Waals surface area (Å²) < 4.78 is 6.73. The van der Waals surface area contributed by atoms with Gasteiger partial charge in [-0.15, -0.1) is 0 Å². The minimum absolute atomic E-state index is 0.721. The first kappa shape index (κ1) is 17.1. The predicted molar refractivity (Wildman–Crippen MR) is 98.4 cm³/mol. The molecule has 23 heavy (non-hydrogen) atoms. The normalized spacial score (nSPS) is 21.0. The zero-order valence-corrected chi connectivity index (χ0v) is 15.5. The molecule has 0 unspecified atom stereocenters. The van der Waals surface area contributed by atoms with Gasteiger partial charge in [0, 0.05) is 11.8 Å². The first-order valence-corrected chi connectivity index (χ1v) is 10.5. The van der Waals surface area contributed by atoms with Crippen molar-refractivity contribution in [1.29, 1.82) is 0 Å². The van der Waals surface area contributed by atoms with Crippen LogP contribution < -0.4 is 0 Å². The van der Waals surface area contributed by atoms with E-state index >= 15 is 0 Å². The van der Waals surface area contributed by atoms with Gasteiger partial charge in [-0.05, 0) is 49.7 Å². The van der Waals surface area contributed by atoms with Crippen LogP contribution in [0.5, 0.6) is 0 Å². The monoisotopic (exact) mass is 316 g/mol. The lowest BCUT2D eigenvalue weighted by Crippen LogP contribution is -2.07. The van der Waals surface area contributed by atoms with Gasteiger partial charge >= 0.3 is 0 Å². The summed E-state index contributed by atoms with van der Waals surface area (Å²) in [7, 11) is 0. The van der Waals surface area contributed by atoms with E-state index in [1.807, 2.05) is 0 Å². The highest BCUT2D eigenvalue weighted by Gasteiger charge is 2.30. The van der Waals surface area contributed by atoms with Crippen LogP contribution in [0.15, 0.2) is 4.42 Å². The molecule has 1 heterocycles. The molecule has 1 aromatic rings. The van der Waals surface area contributed by atoms with Gasteiger partial charge < -0.3 is 4.42 Å². The van der Waals surface area contributed by atoms with E-state index in [0.717, 1.165) is 11.8 Å². The lowest BCUT2D eigenvalue weighted by molar-refractivity contribution is 0.325. The number of rotatable bonds is 6. The van der Waals surface area contributed by atoms with Crippen LogP contribution in [0.2, 0.25) is 0 Å². The minimum atomic E-state index is 0.721. The maximum atomic E-state index is 6.73. The van der Waals surface area contributed by atoms with Crippen LogP contribution in [-0.4, -0.2) is 0 Å². The molecular formula is C22H36O. The van der Waals surface area contributed by atoms with Gasteiger partial charge in [0.2, 0.25) is 0 Å². The topological polar surface area (TPSA) is 13.1 Å². The standard InChI is InChI=1S/C22H36O/c1-3-11-19-20(12-4-2)22(18-15-9-6-10-16-18)23-21(19)17-13-7-5-8-14-17/h17-18H,3-16H2,1-2H3. The van der Waals surface area contributed by atoms with Crippen molar-refractivity contribution >= 4 is 0 Å². The molecule has 2 aliphatic carbocycles. The van der Waals surface area contributed by atoms with E-state index in [-0.39, 0.29) is 0 Å². The molecule has 130 valence electrons. The van der Waals surface area contributed by atoms with Crippen molar-refractivity contribution in [2.24, 2.45) is 0 Å². The molecule has 0 spiro atoms. The predicted octanol–water partition coefficient (Wildman–Crippen LogP) is 7.28. The molecule has 1 nitrogen and oxygen atoms in total. The molecule has 2 saturated carbocycles. The van der Waals surface area contributed by atoms with Crippen LogP contribution in [-0.2, 0) is 12.8 Å². The highest BCUT2D eigenvalue weighted by Crippen LogP contribution is 2.43. The molecular weight excluding hydrogens is 280 g/mol. The summed E-state index contributed by atoms with van der Waals surface area (Å²) in [5, 5.41) is 0. The Kier molecular flexibility index (Phi) is 6.25. The maximum Gasteiger partial charge on any atom is 0.110 e. The van der Waals surface area contributed by atoms with E-state index in [4.69, 9.17) is 4.42 Å². The van der Waals surface area contributed by atoms with E-state index in [1.54, 1.807) is 11.1 Å². The van der Waals surface area contributed by atoms with Crippen LogP contribution >= 0.6 is 0 Å². The average Bonchev–Trinajstić information content (AvgIpc) is 2.96. The summed E-state index contributed by atoms with van der Waals surface area (Å²) >= 11 is 0. The number of hydrogen-bond donors (Lipinski definition) is 0. The summed E-state index contributed by atoms with van der Waals surface area (Å²) in [5.41, 5.74) is 3.28. The fourth-order valence-corrected chi connectivity index (χ4v) is 4.98. The van der Waals surface area contributed by atoms with Crippen molar-refractivity contribution in [2.45, 2.75) is 116 Å². The molecule has 0 aromatic carbocycles. The molecule has 1 aromatic heterocycles. The largest absolute Gasteiger partial charge is 0.465 e. The van der Waals surface area contributed by atoms with E-state index < -0.39 is 0 Å². The Hall–Kier alpha value is -0.720. The summed E-state index contributed by atoms with van der Waals surface area (Å²) in [6.45, 7) is 4.65. The van der Waals surface area contributed by atoms with Crippen molar-refractivity contribution in [3.63, 3.8) is 0 Å². The van der Waals surface area contributed by atoms with E-state index in [1.165, 1.54) is 101 Å². The quantitative estimate of drug-likeness (QED) is 0.537. The van der Waals surface area contributed by atoms with Crippen LogP contribution in [0.4, 0.5) is 0 Å². The molecule has 2 fully saturated rings. The Morgan fingerprint density at radius 2 is 1.04 bits per heavy atom. The van der Waals surface area contributed by atoms with E-state index in [2.05, 4.69) is 13.8 Å². The van der Waals surface area contributed by atoms with Crippen LogP contribution in [0.1, 0.15) is 125 Å². The first-order chi connectivity index (χ1) is 11.3. The molecule has 3 rings (SSSR count). The maximum absolute atomic E-state index is 6.73. The van der Waals surface area contributed by atoms with Crippen molar-refractivity contribution in [3.05, 3.63) is 22.6 Å². The molecule has 0 amide bonds. The van der Waals surface area contributed by atoms with E-state index in [0.29, 0.717) is 0 Å². The van der Waals surface area contributed by atoms with Gasteiger partial charge in [-0.25, -0.2) is 0 Å². The van der Waals surface area contributed by atoms with Crippen LogP contribution in [0.3, 0.4) is 0 Å². The SMILES string of the molecule is CCCc1c(C2CCCCC2)oc(C2CCCCC2)c1CCC. The smallest absolute Gasteiger partial charge is 0.110 e. The zero-order chi connectivity index (χ0) is 16.1. The molecule has 0 aliphatic heterocycles. The third kappa shape index (κ3) is 3.86. The highest BCUT2D eigenvalue weighted by molar-refractivity contribution is 5.38. The van der Waals surface area contributed by atoms with Gasteiger partial charge in [-0.1, -0.05) is 65.2 Å². The Morgan fingerprint density at radius 1 is 0.652 bits per heavy atom. The van der Waals surface area contributed by atoms with Gasteiger partial charge in [-0.3, -0.25) is 0 Å². The fraction of sp³-hybridized carbons (Fsp3) is 0.818. The molecule has 1 heteroatoms. The van der Waals surface area contributed by atoms with Gasteiger partial charge in [0.1, 0.15) is 11.5 Å². The van der Waals surface area contributed by atoms with Crippen LogP contribution in [0, 0.1) is 0 Å². The van der Waals surface area contributed by atoms with Gasteiger partial charge in [0.25, 0.3) is 0 Å². The second-order valence-electron chi connectivity index (χ2n) is 7.96. The van der Waals surface area contributed by atoms with Crippen molar-refractivity contribution in [1.82, 2.24) is 0 Å². The van der Waals surface area contributed by atoms with Crippen LogP contribution in [0.25, 0.3) is 0 Å². The molecule has 2 aliphatic rings. The van der Waals surface area contributed by atoms with Gasteiger partial charge in [-0.2, -0.15) is 0 Å². The average molecular weight is 317 g/mol. The summed E-state index contributed by atoms with van der Waals surface area (Å²) in [6, 6.07) is 0. The Balaban J connectivity index is 1.95. The lowest BCUT2D eigenvalue weighted by Gasteiger charge is -2.22. The molecule has 0 atom stereocenters.